The number of pyridine rings is 1. The van der Waals surface area contributed by atoms with E-state index in [2.05, 4.69) is 30.4 Å². The highest BCUT2D eigenvalue weighted by atomic mass is 16.5. The van der Waals surface area contributed by atoms with Crippen molar-refractivity contribution >= 4 is 22.6 Å². The first-order valence-electron chi connectivity index (χ1n) is 8.74. The normalized spacial score (nSPS) is 22.1. The fraction of sp³-hybridized carbons (Fsp3) is 0.333. The van der Waals surface area contributed by atoms with Crippen LogP contribution in [0, 0.1) is 0 Å². The maximum absolute atomic E-state index is 9.90. The summed E-state index contributed by atoms with van der Waals surface area (Å²) in [6, 6.07) is 4.08. The molecule has 138 valence electrons. The summed E-state index contributed by atoms with van der Waals surface area (Å²) in [6.07, 6.45) is 6.62. The van der Waals surface area contributed by atoms with Crippen LogP contribution in [0.2, 0.25) is 0 Å². The number of rotatable bonds is 4. The van der Waals surface area contributed by atoms with Crippen molar-refractivity contribution in [3.05, 3.63) is 30.9 Å². The molecular formula is C18H19N7O2. The average molecular weight is 365 g/mol. The van der Waals surface area contributed by atoms with Crippen LogP contribution in [0.3, 0.4) is 0 Å². The maximum Gasteiger partial charge on any atom is 0.228 e. The van der Waals surface area contributed by atoms with E-state index >= 15 is 0 Å². The molecule has 1 aliphatic carbocycles. The van der Waals surface area contributed by atoms with Crippen molar-refractivity contribution < 1.29 is 9.84 Å². The lowest BCUT2D eigenvalue weighted by Gasteiger charge is -2.41. The van der Waals surface area contributed by atoms with Crippen LogP contribution in [0.25, 0.3) is 27.8 Å². The van der Waals surface area contributed by atoms with Crippen molar-refractivity contribution in [3.8, 4) is 17.0 Å². The number of anilines is 1. The van der Waals surface area contributed by atoms with Crippen LogP contribution < -0.4 is 10.1 Å². The molecule has 1 aliphatic rings. The Morgan fingerprint density at radius 2 is 2.22 bits per heavy atom. The highest BCUT2D eigenvalue weighted by molar-refractivity contribution is 5.98. The number of nitrogens with zero attached hydrogens (tertiary/aromatic N) is 5. The van der Waals surface area contributed by atoms with Crippen molar-refractivity contribution in [2.45, 2.75) is 31.4 Å². The van der Waals surface area contributed by atoms with E-state index in [4.69, 9.17) is 4.74 Å². The Hall–Kier alpha value is -3.20. The van der Waals surface area contributed by atoms with Gasteiger partial charge in [-0.15, -0.1) is 0 Å². The summed E-state index contributed by atoms with van der Waals surface area (Å²) in [4.78, 5) is 16.5. The SMILES string of the molecule is COc1nc(N[C@H]2C[C@@](C)(O)C2)nc2[nH]cc(-c3ccn4ncnc4c3)c12. The van der Waals surface area contributed by atoms with E-state index in [1.165, 1.54) is 6.33 Å². The minimum atomic E-state index is -0.605. The molecule has 1 saturated carbocycles. The molecule has 27 heavy (non-hydrogen) atoms. The number of ether oxygens (including phenoxy) is 1. The summed E-state index contributed by atoms with van der Waals surface area (Å²) in [7, 11) is 1.60. The Bertz CT molecular complexity index is 1140. The van der Waals surface area contributed by atoms with Gasteiger partial charge in [0.05, 0.1) is 18.1 Å². The number of aliphatic hydroxyl groups is 1. The number of hydrogen-bond acceptors (Lipinski definition) is 7. The topological polar surface area (TPSA) is 113 Å². The number of hydrogen-bond donors (Lipinski definition) is 3. The predicted molar refractivity (Wildman–Crippen MR) is 99.7 cm³/mol. The van der Waals surface area contributed by atoms with Crippen LogP contribution in [0.5, 0.6) is 5.88 Å². The summed E-state index contributed by atoms with van der Waals surface area (Å²) in [6.45, 7) is 1.83. The Labute approximate surface area is 154 Å². The standard InChI is InChI=1S/C18H19N7O2/c1-18(26)6-11(7-18)22-17-23-15-14(16(24-17)27-2)12(8-19-15)10-3-4-25-13(5-10)20-9-21-25/h3-5,8-9,11,26H,6-7H2,1-2H3,(H2,19,22,23,24)/t11-,18+. The van der Waals surface area contributed by atoms with Crippen LogP contribution in [-0.2, 0) is 0 Å². The molecule has 4 heterocycles. The quantitative estimate of drug-likeness (QED) is 0.507. The van der Waals surface area contributed by atoms with Gasteiger partial charge < -0.3 is 20.1 Å². The van der Waals surface area contributed by atoms with Crippen LogP contribution in [0.4, 0.5) is 5.95 Å². The van der Waals surface area contributed by atoms with Gasteiger partial charge in [-0.3, -0.25) is 0 Å². The molecule has 0 unspecified atom stereocenters. The third-order valence-electron chi connectivity index (χ3n) is 4.99. The van der Waals surface area contributed by atoms with Crippen molar-refractivity contribution in [1.82, 2.24) is 29.5 Å². The molecule has 5 rings (SSSR count). The number of aromatic nitrogens is 6. The summed E-state index contributed by atoms with van der Waals surface area (Å²) >= 11 is 0. The van der Waals surface area contributed by atoms with Crippen LogP contribution >= 0.6 is 0 Å². The summed E-state index contributed by atoms with van der Waals surface area (Å²) in [5.74, 6) is 0.979. The first-order valence-corrected chi connectivity index (χ1v) is 8.74. The average Bonchev–Trinajstić information content (AvgIpc) is 3.25. The molecule has 9 nitrogen and oxygen atoms in total. The molecule has 0 aromatic carbocycles. The molecule has 0 radical (unpaired) electrons. The smallest absolute Gasteiger partial charge is 0.228 e. The molecule has 4 aromatic rings. The van der Waals surface area contributed by atoms with Gasteiger partial charge in [0.15, 0.2) is 5.65 Å². The number of aromatic amines is 1. The fourth-order valence-corrected chi connectivity index (χ4v) is 3.71. The van der Waals surface area contributed by atoms with E-state index in [1.54, 1.807) is 11.6 Å². The molecule has 3 N–H and O–H groups in total. The maximum atomic E-state index is 9.90. The highest BCUT2D eigenvalue weighted by Crippen LogP contribution is 2.36. The van der Waals surface area contributed by atoms with E-state index in [0.717, 1.165) is 22.2 Å². The minimum absolute atomic E-state index is 0.159. The van der Waals surface area contributed by atoms with Gasteiger partial charge in [0.25, 0.3) is 0 Å². The lowest BCUT2D eigenvalue weighted by atomic mass is 9.77. The highest BCUT2D eigenvalue weighted by Gasteiger charge is 2.38. The zero-order valence-electron chi connectivity index (χ0n) is 15.0. The third kappa shape index (κ3) is 2.67. The second kappa shape index (κ2) is 5.65. The molecule has 0 amide bonds. The Kier molecular flexibility index (Phi) is 3.35. The van der Waals surface area contributed by atoms with Gasteiger partial charge in [-0.1, -0.05) is 0 Å². The van der Waals surface area contributed by atoms with Crippen molar-refractivity contribution in [3.63, 3.8) is 0 Å². The molecule has 9 heteroatoms. The molecule has 0 aliphatic heterocycles. The fourth-order valence-electron chi connectivity index (χ4n) is 3.71. The minimum Gasteiger partial charge on any atom is -0.480 e. The summed E-state index contributed by atoms with van der Waals surface area (Å²) in [5.41, 5.74) is 2.75. The second-order valence-electron chi connectivity index (χ2n) is 7.21. The van der Waals surface area contributed by atoms with Gasteiger partial charge in [-0.2, -0.15) is 15.1 Å². The lowest BCUT2D eigenvalue weighted by Crippen LogP contribution is -2.48. The second-order valence-corrected chi connectivity index (χ2v) is 7.21. The van der Waals surface area contributed by atoms with E-state index in [0.29, 0.717) is 30.3 Å². The van der Waals surface area contributed by atoms with Gasteiger partial charge in [0.2, 0.25) is 11.8 Å². The summed E-state index contributed by atoms with van der Waals surface area (Å²) < 4.78 is 7.25. The molecular weight excluding hydrogens is 346 g/mol. The Balaban J connectivity index is 1.55. The number of H-pyrrole nitrogens is 1. The van der Waals surface area contributed by atoms with E-state index < -0.39 is 5.60 Å². The van der Waals surface area contributed by atoms with Crippen LogP contribution in [0.15, 0.2) is 30.9 Å². The van der Waals surface area contributed by atoms with Gasteiger partial charge in [0, 0.05) is 24.0 Å². The first-order chi connectivity index (χ1) is 13.0. The Morgan fingerprint density at radius 1 is 1.37 bits per heavy atom. The third-order valence-corrected chi connectivity index (χ3v) is 4.99. The van der Waals surface area contributed by atoms with E-state index in [9.17, 15) is 5.11 Å². The molecule has 0 bridgehead atoms. The monoisotopic (exact) mass is 365 g/mol. The number of methoxy groups -OCH3 is 1. The molecule has 0 spiro atoms. The molecule has 4 aromatic heterocycles. The van der Waals surface area contributed by atoms with Crippen LogP contribution in [0.1, 0.15) is 19.8 Å². The zero-order chi connectivity index (χ0) is 18.6. The van der Waals surface area contributed by atoms with E-state index in [-0.39, 0.29) is 6.04 Å². The van der Waals surface area contributed by atoms with Gasteiger partial charge >= 0.3 is 0 Å². The zero-order valence-corrected chi connectivity index (χ0v) is 15.0. The number of fused-ring (bicyclic) bond motifs is 2. The van der Waals surface area contributed by atoms with E-state index in [1.807, 2.05) is 31.5 Å². The summed E-state index contributed by atoms with van der Waals surface area (Å²) in [5, 5.41) is 18.1. The lowest BCUT2D eigenvalue weighted by molar-refractivity contribution is -0.0236. The van der Waals surface area contributed by atoms with Gasteiger partial charge in [-0.05, 0) is 37.5 Å². The molecule has 1 fully saturated rings. The van der Waals surface area contributed by atoms with Crippen molar-refractivity contribution in [2.75, 3.05) is 12.4 Å². The van der Waals surface area contributed by atoms with Crippen molar-refractivity contribution in [1.29, 1.82) is 0 Å². The largest absolute Gasteiger partial charge is 0.480 e. The van der Waals surface area contributed by atoms with Crippen LogP contribution in [-0.4, -0.2) is 53.4 Å². The van der Waals surface area contributed by atoms with Gasteiger partial charge in [-0.25, -0.2) is 9.50 Å². The number of nitrogens with one attached hydrogen (secondary N) is 2. The molecule has 0 saturated heterocycles. The predicted octanol–water partition coefficient (Wildman–Crippen LogP) is 2.00. The molecule has 0 atom stereocenters. The first kappa shape index (κ1) is 16.0. The Morgan fingerprint density at radius 3 is 3.00 bits per heavy atom. The van der Waals surface area contributed by atoms with Crippen molar-refractivity contribution in [2.24, 2.45) is 0 Å². The van der Waals surface area contributed by atoms with Gasteiger partial charge in [0.1, 0.15) is 12.0 Å².